The van der Waals surface area contributed by atoms with Crippen molar-refractivity contribution in [2.45, 2.75) is 13.3 Å². The number of amides is 1. The Hall–Kier alpha value is -0.580. The van der Waals surface area contributed by atoms with Gasteiger partial charge >= 0.3 is 0 Å². The van der Waals surface area contributed by atoms with E-state index in [0.717, 1.165) is 10.0 Å². The first kappa shape index (κ1) is 16.4. The van der Waals surface area contributed by atoms with Gasteiger partial charge in [-0.3, -0.25) is 4.79 Å². The lowest BCUT2D eigenvalue weighted by Gasteiger charge is -2.10. The highest BCUT2D eigenvalue weighted by molar-refractivity contribution is 9.10. The summed E-state index contributed by atoms with van der Waals surface area (Å²) in [6.45, 7) is 3.25. The van der Waals surface area contributed by atoms with E-state index < -0.39 is 0 Å². The Morgan fingerprint density at radius 3 is 2.82 bits per heavy atom. The van der Waals surface area contributed by atoms with E-state index in [1.165, 1.54) is 0 Å². The molecule has 1 amide bonds. The van der Waals surface area contributed by atoms with Crippen molar-refractivity contribution >= 4 is 34.2 Å². The molecule has 3 nitrogen and oxygen atoms in total. The van der Waals surface area contributed by atoms with Gasteiger partial charge in [0.1, 0.15) is 0 Å². The molecule has 0 aliphatic carbocycles. The number of rotatable bonds is 5. The van der Waals surface area contributed by atoms with Crippen LogP contribution in [-0.4, -0.2) is 19.0 Å². The number of benzene rings is 1. The minimum atomic E-state index is 0. The number of hydrogen-bond donors (Lipinski definition) is 2. The fourth-order valence-corrected chi connectivity index (χ4v) is 1.71. The first-order valence-corrected chi connectivity index (χ1v) is 6.12. The predicted molar refractivity (Wildman–Crippen MR) is 76.3 cm³/mol. The van der Waals surface area contributed by atoms with Crippen LogP contribution in [0.3, 0.4) is 0 Å². The Bertz CT molecular complexity index is 360. The van der Waals surface area contributed by atoms with Crippen LogP contribution in [0, 0.1) is 5.92 Å². The molecule has 1 aromatic rings. The molecule has 1 unspecified atom stereocenters. The van der Waals surface area contributed by atoms with Gasteiger partial charge in [-0.15, -0.1) is 12.4 Å². The first-order valence-electron chi connectivity index (χ1n) is 5.33. The van der Waals surface area contributed by atoms with Crippen LogP contribution in [0.5, 0.6) is 0 Å². The maximum absolute atomic E-state index is 11.6. The highest BCUT2D eigenvalue weighted by Gasteiger charge is 2.05. The average Bonchev–Trinajstić information content (AvgIpc) is 2.26. The van der Waals surface area contributed by atoms with Crippen LogP contribution in [0.2, 0.25) is 0 Å². The number of halogens is 2. The van der Waals surface area contributed by atoms with Gasteiger partial charge in [0.05, 0.1) is 6.42 Å². The SMILES string of the molecule is CC(CN)CNC(=O)Cc1cccc(Br)c1.Cl. The van der Waals surface area contributed by atoms with E-state index in [1.54, 1.807) is 0 Å². The molecular formula is C12H18BrClN2O. The quantitative estimate of drug-likeness (QED) is 0.873. The van der Waals surface area contributed by atoms with Gasteiger partial charge in [-0.25, -0.2) is 0 Å². The molecule has 0 bridgehead atoms. The van der Waals surface area contributed by atoms with Crippen LogP contribution in [0.15, 0.2) is 28.7 Å². The summed E-state index contributed by atoms with van der Waals surface area (Å²) in [6, 6.07) is 7.76. The smallest absolute Gasteiger partial charge is 0.224 e. The molecule has 1 rings (SSSR count). The van der Waals surface area contributed by atoms with Gasteiger partial charge in [-0.1, -0.05) is 35.0 Å². The van der Waals surface area contributed by atoms with Crippen molar-refractivity contribution in [1.29, 1.82) is 0 Å². The highest BCUT2D eigenvalue weighted by atomic mass is 79.9. The molecule has 0 aliphatic heterocycles. The Morgan fingerprint density at radius 1 is 1.53 bits per heavy atom. The Labute approximate surface area is 117 Å². The number of nitrogens with two attached hydrogens (primary N) is 1. The molecule has 0 radical (unpaired) electrons. The Morgan fingerprint density at radius 2 is 2.24 bits per heavy atom. The van der Waals surface area contributed by atoms with Crippen LogP contribution < -0.4 is 11.1 Å². The lowest BCUT2D eigenvalue weighted by Crippen LogP contribution is -2.32. The zero-order valence-electron chi connectivity index (χ0n) is 9.78. The molecule has 1 atom stereocenters. The predicted octanol–water partition coefficient (Wildman–Crippen LogP) is 2.12. The summed E-state index contributed by atoms with van der Waals surface area (Å²) in [4.78, 5) is 11.6. The standard InChI is InChI=1S/C12H17BrN2O.ClH/c1-9(7-14)8-15-12(16)6-10-3-2-4-11(13)5-10;/h2-5,9H,6-8,14H2,1H3,(H,15,16);1H. The molecule has 0 saturated carbocycles. The second-order valence-electron chi connectivity index (χ2n) is 3.95. The fraction of sp³-hybridized carbons (Fsp3) is 0.417. The number of carbonyl (C=O) groups excluding carboxylic acids is 1. The van der Waals surface area contributed by atoms with Crippen molar-refractivity contribution in [2.24, 2.45) is 11.7 Å². The van der Waals surface area contributed by atoms with E-state index in [0.29, 0.717) is 25.4 Å². The van der Waals surface area contributed by atoms with Gasteiger partial charge in [-0.05, 0) is 30.2 Å². The number of carbonyl (C=O) groups is 1. The number of nitrogens with one attached hydrogen (secondary N) is 1. The van der Waals surface area contributed by atoms with Crippen LogP contribution in [0.25, 0.3) is 0 Å². The fourth-order valence-electron chi connectivity index (χ4n) is 1.27. The van der Waals surface area contributed by atoms with E-state index >= 15 is 0 Å². The normalized spacial score (nSPS) is 11.5. The Kier molecular flexibility index (Phi) is 8.21. The highest BCUT2D eigenvalue weighted by Crippen LogP contribution is 2.11. The summed E-state index contributed by atoms with van der Waals surface area (Å²) >= 11 is 3.38. The number of hydrogen-bond acceptors (Lipinski definition) is 2. The van der Waals surface area contributed by atoms with Gasteiger partial charge in [0.15, 0.2) is 0 Å². The molecule has 96 valence electrons. The van der Waals surface area contributed by atoms with Crippen molar-refractivity contribution < 1.29 is 4.79 Å². The summed E-state index contributed by atoms with van der Waals surface area (Å²) < 4.78 is 0.994. The molecule has 0 aromatic heterocycles. The largest absolute Gasteiger partial charge is 0.356 e. The molecule has 0 aliphatic rings. The molecule has 0 spiro atoms. The van der Waals surface area contributed by atoms with E-state index in [4.69, 9.17) is 5.73 Å². The summed E-state index contributed by atoms with van der Waals surface area (Å²) in [7, 11) is 0. The van der Waals surface area contributed by atoms with E-state index in [-0.39, 0.29) is 18.3 Å². The van der Waals surface area contributed by atoms with Crippen molar-refractivity contribution in [3.8, 4) is 0 Å². The third-order valence-electron chi connectivity index (χ3n) is 2.30. The van der Waals surface area contributed by atoms with Crippen molar-refractivity contribution in [2.75, 3.05) is 13.1 Å². The van der Waals surface area contributed by atoms with E-state index in [2.05, 4.69) is 21.2 Å². The molecule has 0 saturated heterocycles. The maximum Gasteiger partial charge on any atom is 0.224 e. The minimum Gasteiger partial charge on any atom is -0.356 e. The zero-order chi connectivity index (χ0) is 12.0. The second kappa shape index (κ2) is 8.50. The average molecular weight is 322 g/mol. The zero-order valence-corrected chi connectivity index (χ0v) is 12.2. The summed E-state index contributed by atoms with van der Waals surface area (Å²) in [6.07, 6.45) is 0.413. The lowest BCUT2D eigenvalue weighted by atomic mass is 10.1. The molecule has 17 heavy (non-hydrogen) atoms. The first-order chi connectivity index (χ1) is 7.61. The van der Waals surface area contributed by atoms with Crippen LogP contribution in [0.4, 0.5) is 0 Å². The summed E-state index contributed by atoms with van der Waals surface area (Å²) in [5.41, 5.74) is 6.48. The molecule has 0 fully saturated rings. The van der Waals surface area contributed by atoms with Crippen LogP contribution in [0.1, 0.15) is 12.5 Å². The van der Waals surface area contributed by atoms with Crippen LogP contribution >= 0.6 is 28.3 Å². The molecular weight excluding hydrogens is 304 g/mol. The topological polar surface area (TPSA) is 55.1 Å². The molecule has 1 aromatic carbocycles. The molecule has 5 heteroatoms. The van der Waals surface area contributed by atoms with Gasteiger partial charge in [0.25, 0.3) is 0 Å². The maximum atomic E-state index is 11.6. The molecule has 0 heterocycles. The van der Waals surface area contributed by atoms with Crippen molar-refractivity contribution in [3.05, 3.63) is 34.3 Å². The van der Waals surface area contributed by atoms with E-state index in [9.17, 15) is 4.79 Å². The van der Waals surface area contributed by atoms with Crippen molar-refractivity contribution in [3.63, 3.8) is 0 Å². The lowest BCUT2D eigenvalue weighted by molar-refractivity contribution is -0.120. The monoisotopic (exact) mass is 320 g/mol. The van der Waals surface area contributed by atoms with Crippen molar-refractivity contribution in [1.82, 2.24) is 5.32 Å². The van der Waals surface area contributed by atoms with Crippen LogP contribution in [-0.2, 0) is 11.2 Å². The minimum absolute atomic E-state index is 0. The Balaban J connectivity index is 0.00000256. The third-order valence-corrected chi connectivity index (χ3v) is 2.80. The van der Waals surface area contributed by atoms with Gasteiger partial charge < -0.3 is 11.1 Å². The van der Waals surface area contributed by atoms with Gasteiger partial charge in [0, 0.05) is 11.0 Å². The summed E-state index contributed by atoms with van der Waals surface area (Å²) in [5, 5.41) is 2.87. The van der Waals surface area contributed by atoms with E-state index in [1.807, 2.05) is 31.2 Å². The second-order valence-corrected chi connectivity index (χ2v) is 4.87. The molecule has 3 N–H and O–H groups in total. The summed E-state index contributed by atoms with van der Waals surface area (Å²) in [5.74, 6) is 0.366. The van der Waals surface area contributed by atoms with Gasteiger partial charge in [-0.2, -0.15) is 0 Å². The third kappa shape index (κ3) is 6.66. The van der Waals surface area contributed by atoms with Gasteiger partial charge in [0.2, 0.25) is 5.91 Å².